The fourth-order valence-electron chi connectivity index (χ4n) is 4.35. The molecule has 0 unspecified atom stereocenters. The number of aromatic nitrogens is 3. The van der Waals surface area contributed by atoms with Crippen molar-refractivity contribution in [2.45, 2.75) is 46.1 Å². The number of nitrogens with one attached hydrogen (secondary N) is 3. The number of rotatable bonds is 9. The highest BCUT2D eigenvalue weighted by molar-refractivity contribution is 5.89. The zero-order chi connectivity index (χ0) is 29.4. The molecule has 1 atom stereocenters. The van der Waals surface area contributed by atoms with E-state index in [0.717, 1.165) is 36.3 Å². The molecule has 0 spiro atoms. The van der Waals surface area contributed by atoms with Crippen LogP contribution in [0.4, 0.5) is 32.7 Å². The zero-order valence-corrected chi connectivity index (χ0v) is 24.2. The summed E-state index contributed by atoms with van der Waals surface area (Å²) in [4.78, 5) is 41.9. The Morgan fingerprint density at radius 2 is 1.76 bits per heavy atom. The third kappa shape index (κ3) is 8.90. The molecular formula is C29H40N8O4. The van der Waals surface area contributed by atoms with Crippen molar-refractivity contribution in [3.63, 3.8) is 0 Å². The van der Waals surface area contributed by atoms with Crippen LogP contribution in [0.5, 0.6) is 0 Å². The summed E-state index contributed by atoms with van der Waals surface area (Å²) >= 11 is 0. The second kappa shape index (κ2) is 13.4. The lowest BCUT2D eigenvalue weighted by atomic mass is 10.1. The lowest BCUT2D eigenvalue weighted by Crippen LogP contribution is -2.50. The molecule has 0 aliphatic carbocycles. The van der Waals surface area contributed by atoms with Crippen molar-refractivity contribution in [2.75, 3.05) is 54.9 Å². The normalized spacial score (nSPS) is 14.5. The quantitative estimate of drug-likeness (QED) is 0.298. The maximum atomic E-state index is 12.3. The van der Waals surface area contributed by atoms with Gasteiger partial charge in [-0.3, -0.25) is 5.32 Å². The molecule has 1 fully saturated rings. The summed E-state index contributed by atoms with van der Waals surface area (Å²) in [6, 6.07) is 11.1. The van der Waals surface area contributed by atoms with Gasteiger partial charge < -0.3 is 30.3 Å². The number of ether oxygens (including phenoxy) is 1. The minimum absolute atomic E-state index is 0.147. The van der Waals surface area contributed by atoms with Gasteiger partial charge in [-0.25, -0.2) is 19.6 Å². The van der Waals surface area contributed by atoms with Crippen LogP contribution in [0.15, 0.2) is 42.6 Å². The topological polar surface area (TPSA) is 145 Å². The van der Waals surface area contributed by atoms with E-state index >= 15 is 0 Å². The van der Waals surface area contributed by atoms with Crippen molar-refractivity contribution in [1.29, 1.82) is 0 Å². The van der Waals surface area contributed by atoms with Gasteiger partial charge in [0.1, 0.15) is 11.4 Å². The smallest absolute Gasteiger partial charge is 0.410 e. The zero-order valence-electron chi connectivity index (χ0n) is 24.2. The van der Waals surface area contributed by atoms with Gasteiger partial charge >= 0.3 is 12.1 Å². The third-order valence-corrected chi connectivity index (χ3v) is 6.65. The molecule has 3 aromatic rings. The van der Waals surface area contributed by atoms with Gasteiger partial charge in [-0.1, -0.05) is 6.92 Å². The van der Waals surface area contributed by atoms with Crippen molar-refractivity contribution in [2.24, 2.45) is 5.92 Å². The lowest BCUT2D eigenvalue weighted by molar-refractivity contribution is 0.0240. The maximum absolute atomic E-state index is 12.3. The van der Waals surface area contributed by atoms with Crippen molar-refractivity contribution >= 4 is 46.3 Å². The molecule has 3 amide bonds. The lowest BCUT2D eigenvalue weighted by Gasteiger charge is -2.36. The number of carbonyl (C=O) groups is 2. The first kappa shape index (κ1) is 29.8. The van der Waals surface area contributed by atoms with E-state index < -0.39 is 5.60 Å². The second-order valence-corrected chi connectivity index (χ2v) is 11.2. The Hall–Kier alpha value is -4.19. The second-order valence-electron chi connectivity index (χ2n) is 11.2. The van der Waals surface area contributed by atoms with Gasteiger partial charge in [0.25, 0.3) is 0 Å². The molecule has 41 heavy (non-hydrogen) atoms. The first-order valence-electron chi connectivity index (χ1n) is 14.0. The molecule has 220 valence electrons. The van der Waals surface area contributed by atoms with Crippen LogP contribution in [0, 0.1) is 5.92 Å². The van der Waals surface area contributed by atoms with Crippen molar-refractivity contribution in [1.82, 2.24) is 25.2 Å². The molecule has 1 saturated heterocycles. The van der Waals surface area contributed by atoms with E-state index in [2.05, 4.69) is 35.8 Å². The predicted octanol–water partition coefficient (Wildman–Crippen LogP) is 4.36. The van der Waals surface area contributed by atoms with E-state index in [0.29, 0.717) is 49.4 Å². The molecule has 1 aromatic carbocycles. The first-order valence-corrected chi connectivity index (χ1v) is 14.0. The Labute approximate surface area is 240 Å². The van der Waals surface area contributed by atoms with Gasteiger partial charge in [0.2, 0.25) is 5.95 Å². The van der Waals surface area contributed by atoms with Crippen molar-refractivity contribution in [3.8, 4) is 0 Å². The van der Waals surface area contributed by atoms with Gasteiger partial charge in [0.15, 0.2) is 5.65 Å². The number of anilines is 4. The molecule has 3 heterocycles. The molecule has 0 radical (unpaired) electrons. The van der Waals surface area contributed by atoms with Gasteiger partial charge in [-0.15, -0.1) is 0 Å². The predicted molar refractivity (Wildman–Crippen MR) is 160 cm³/mol. The van der Waals surface area contributed by atoms with Gasteiger partial charge in [0, 0.05) is 62.3 Å². The van der Waals surface area contributed by atoms with E-state index in [1.54, 1.807) is 17.2 Å². The van der Waals surface area contributed by atoms with E-state index in [-0.39, 0.29) is 18.7 Å². The molecule has 0 saturated carbocycles. The molecular weight excluding hydrogens is 524 g/mol. The Bertz CT molecular complexity index is 1320. The van der Waals surface area contributed by atoms with Crippen LogP contribution < -0.4 is 20.9 Å². The van der Waals surface area contributed by atoms with Crippen LogP contribution in [0.25, 0.3) is 11.0 Å². The summed E-state index contributed by atoms with van der Waals surface area (Å²) in [6.45, 7) is 11.0. The largest absolute Gasteiger partial charge is 0.444 e. The Kier molecular flexibility index (Phi) is 9.77. The monoisotopic (exact) mass is 564 g/mol. The Balaban J connectivity index is 1.30. The highest BCUT2D eigenvalue weighted by atomic mass is 16.6. The third-order valence-electron chi connectivity index (χ3n) is 6.65. The van der Waals surface area contributed by atoms with Crippen LogP contribution in [-0.2, 0) is 4.74 Å². The minimum atomic E-state index is -0.502. The highest BCUT2D eigenvalue weighted by Gasteiger charge is 2.26. The van der Waals surface area contributed by atoms with Gasteiger partial charge in [-0.2, -0.15) is 4.98 Å². The summed E-state index contributed by atoms with van der Waals surface area (Å²) in [5, 5.41) is 18.5. The molecule has 0 bridgehead atoms. The van der Waals surface area contributed by atoms with Crippen LogP contribution >= 0.6 is 0 Å². The number of benzene rings is 1. The molecule has 1 aliphatic rings. The summed E-state index contributed by atoms with van der Waals surface area (Å²) in [6.07, 6.45) is 2.91. The van der Waals surface area contributed by atoms with E-state index in [4.69, 9.17) is 9.84 Å². The highest BCUT2D eigenvalue weighted by Crippen LogP contribution is 2.23. The number of pyridine rings is 1. The number of fused-ring (bicyclic) bond motifs is 1. The molecule has 4 rings (SSSR count). The summed E-state index contributed by atoms with van der Waals surface area (Å²) < 4.78 is 5.48. The fourth-order valence-corrected chi connectivity index (χ4v) is 4.35. The number of carbonyl (C=O) groups excluding carboxylic acids is 2. The van der Waals surface area contributed by atoms with Crippen LogP contribution in [0.2, 0.25) is 0 Å². The Morgan fingerprint density at radius 1 is 1.02 bits per heavy atom. The molecule has 4 N–H and O–H groups in total. The number of aliphatic hydroxyl groups excluding tert-OH is 1. The van der Waals surface area contributed by atoms with Crippen LogP contribution in [-0.4, -0.2) is 82.0 Å². The molecule has 12 heteroatoms. The summed E-state index contributed by atoms with van der Waals surface area (Å²) in [5.41, 5.74) is 1.84. The molecule has 12 nitrogen and oxygen atoms in total. The van der Waals surface area contributed by atoms with Crippen molar-refractivity contribution < 1.29 is 19.4 Å². The number of nitrogens with zero attached hydrogens (tertiary/aromatic N) is 5. The van der Waals surface area contributed by atoms with E-state index in [1.807, 2.05) is 58.0 Å². The van der Waals surface area contributed by atoms with Crippen molar-refractivity contribution in [3.05, 3.63) is 42.6 Å². The summed E-state index contributed by atoms with van der Waals surface area (Å²) in [5.74, 6) is 1.11. The fraction of sp³-hybridized carbons (Fsp3) is 0.483. The first-order chi connectivity index (χ1) is 19.6. The van der Waals surface area contributed by atoms with Crippen LogP contribution in [0.1, 0.15) is 40.5 Å². The Morgan fingerprint density at radius 3 is 2.44 bits per heavy atom. The van der Waals surface area contributed by atoms with Crippen LogP contribution in [0.3, 0.4) is 0 Å². The molecule has 1 aliphatic heterocycles. The average molecular weight is 565 g/mol. The standard InChI is InChI=1S/C29H40N8O4/c1-20(12-18-38)11-13-30-27(39)34-24-10-5-21-19-31-26(35-25(21)33-24)32-22-6-8-23(9-7-22)36-14-16-37(17-15-36)28(40)41-29(2,3)4/h5-10,19-20,38H,11-18H2,1-4H3,(H3,30,31,32,33,34,35,39)/t20-/m0/s1. The van der Waals surface area contributed by atoms with E-state index in [1.165, 1.54) is 0 Å². The van der Waals surface area contributed by atoms with Gasteiger partial charge in [-0.05, 0) is 75.9 Å². The SMILES string of the molecule is C[C@H](CCO)CCNC(=O)Nc1ccc2cnc(Nc3ccc(N4CCN(C(=O)OC(C)(C)C)CC4)cc3)nc2n1. The van der Waals surface area contributed by atoms with E-state index in [9.17, 15) is 9.59 Å². The maximum Gasteiger partial charge on any atom is 0.410 e. The number of urea groups is 1. The van der Waals surface area contributed by atoms with Gasteiger partial charge in [0.05, 0.1) is 0 Å². The number of aliphatic hydroxyl groups is 1. The average Bonchev–Trinajstić information content (AvgIpc) is 2.92. The number of amides is 3. The molecule has 2 aromatic heterocycles. The number of hydrogen-bond acceptors (Lipinski definition) is 9. The number of hydrogen-bond donors (Lipinski definition) is 4. The minimum Gasteiger partial charge on any atom is -0.444 e. The number of piperazine rings is 1. The summed E-state index contributed by atoms with van der Waals surface area (Å²) in [7, 11) is 0.